The van der Waals surface area contributed by atoms with Gasteiger partial charge in [0.05, 0.1) is 18.8 Å². The van der Waals surface area contributed by atoms with Gasteiger partial charge in [-0.15, -0.1) is 0 Å². The van der Waals surface area contributed by atoms with E-state index in [9.17, 15) is 14.7 Å². The lowest BCUT2D eigenvalue weighted by Gasteiger charge is -2.39. The summed E-state index contributed by atoms with van der Waals surface area (Å²) in [5.41, 5.74) is 1.61. The number of ether oxygens (including phenoxy) is 2. The maximum absolute atomic E-state index is 13.3. The molecule has 2 aromatic carbocycles. The molecule has 0 aliphatic carbocycles. The highest BCUT2D eigenvalue weighted by Gasteiger charge is 2.35. The van der Waals surface area contributed by atoms with Gasteiger partial charge in [0, 0.05) is 42.5 Å². The number of aliphatic hydroxyl groups excluding tert-OH is 1. The molecule has 0 saturated carbocycles. The maximum atomic E-state index is 13.3. The van der Waals surface area contributed by atoms with Gasteiger partial charge >= 0.3 is 0 Å². The van der Waals surface area contributed by atoms with Crippen LogP contribution in [-0.2, 0) is 16.0 Å². The fourth-order valence-corrected chi connectivity index (χ4v) is 5.71. The number of nitrogens with one attached hydrogen (secondary N) is 2. The summed E-state index contributed by atoms with van der Waals surface area (Å²) in [6.07, 6.45) is 3.12. The van der Waals surface area contributed by atoms with E-state index in [1.165, 1.54) is 4.90 Å². The molecule has 2 amide bonds. The van der Waals surface area contributed by atoms with Gasteiger partial charge in [0.15, 0.2) is 0 Å². The number of hydrogen-bond donors (Lipinski definition) is 3. The number of benzene rings is 2. The highest BCUT2D eigenvalue weighted by atomic mass is 79.9. The Balaban J connectivity index is 1.54. The zero-order chi connectivity index (χ0) is 28.9. The number of aliphatic hydroxyl groups is 1. The second-order valence-corrected chi connectivity index (χ2v) is 12.5. The van der Waals surface area contributed by atoms with Crippen molar-refractivity contribution in [2.75, 3.05) is 20.2 Å². The molecule has 2 aliphatic rings. The number of likely N-dealkylation sites (N-methyl/N-ethyl adjacent to an activating group) is 1. The molecule has 2 bridgehead atoms. The molecule has 0 aromatic heterocycles. The second-order valence-electron chi connectivity index (χ2n) is 11.6. The summed E-state index contributed by atoms with van der Waals surface area (Å²) < 4.78 is 13.1. The quantitative estimate of drug-likeness (QED) is 0.467. The fourth-order valence-electron chi connectivity index (χ4n) is 5.33. The number of amides is 2. The molecule has 9 heteroatoms. The van der Waals surface area contributed by atoms with Crippen molar-refractivity contribution in [3.8, 4) is 11.5 Å². The number of fused-ring (bicyclic) bond motifs is 3. The van der Waals surface area contributed by atoms with Gasteiger partial charge in [-0.1, -0.05) is 28.1 Å². The summed E-state index contributed by atoms with van der Waals surface area (Å²) in [6.45, 7) is 6.68. The van der Waals surface area contributed by atoms with Crippen molar-refractivity contribution in [1.82, 2.24) is 15.5 Å². The van der Waals surface area contributed by atoms with Crippen LogP contribution in [-0.4, -0.2) is 65.8 Å². The van der Waals surface area contributed by atoms with Crippen molar-refractivity contribution in [3.05, 3.63) is 58.1 Å². The van der Waals surface area contributed by atoms with Crippen LogP contribution >= 0.6 is 15.9 Å². The molecule has 8 nitrogen and oxygen atoms in total. The van der Waals surface area contributed by atoms with Crippen LogP contribution < -0.4 is 20.1 Å². The van der Waals surface area contributed by atoms with Crippen LogP contribution in [0.25, 0.3) is 0 Å². The Bertz CT molecular complexity index is 1190. The van der Waals surface area contributed by atoms with Gasteiger partial charge in [-0.3, -0.25) is 9.59 Å². The van der Waals surface area contributed by atoms with Gasteiger partial charge in [0.1, 0.15) is 23.1 Å². The molecule has 3 N–H and O–H groups in total. The molecule has 40 heavy (non-hydrogen) atoms. The van der Waals surface area contributed by atoms with E-state index >= 15 is 0 Å². The SMILES string of the molecule is C[C@H]1C(=O)N[C@H]([C@H](O)CNC2CC(C)(C)Oc3ccc(Br)cc32)Cc2cccc(c2)OCCCCCC(=O)N1C. The minimum atomic E-state index is -0.887. The highest BCUT2D eigenvalue weighted by Crippen LogP contribution is 2.40. The summed E-state index contributed by atoms with van der Waals surface area (Å²) in [4.78, 5) is 27.5. The molecule has 0 fully saturated rings. The lowest BCUT2D eigenvalue weighted by molar-refractivity contribution is -0.139. The molecular weight excluding hydrogens is 574 g/mol. The maximum Gasteiger partial charge on any atom is 0.242 e. The van der Waals surface area contributed by atoms with Crippen molar-refractivity contribution >= 4 is 27.7 Å². The van der Waals surface area contributed by atoms with E-state index in [-0.39, 0.29) is 30.0 Å². The number of hydrogen-bond acceptors (Lipinski definition) is 6. The van der Waals surface area contributed by atoms with Gasteiger partial charge in [0.25, 0.3) is 0 Å². The summed E-state index contributed by atoms with van der Waals surface area (Å²) in [6, 6.07) is 12.5. The van der Waals surface area contributed by atoms with Crippen molar-refractivity contribution < 1.29 is 24.2 Å². The molecule has 0 saturated heterocycles. The summed E-state index contributed by atoms with van der Waals surface area (Å²) in [7, 11) is 1.66. The number of carbonyl (C=O) groups is 2. The number of nitrogens with zero attached hydrogens (tertiary/aromatic N) is 1. The standard InChI is InChI=1S/C31H42BrN3O5/c1-20-30(38)34-25(16-21-9-8-10-23(15-21)39-14-7-5-6-11-29(37)35(20)4)27(36)19-33-26-18-31(2,3)40-28-13-12-22(32)17-24(26)28/h8-10,12-13,15,17,20,25-27,33,36H,5-7,11,14,16,18-19H2,1-4H3,(H,34,38)/t20-,25-,26?,27+/m0/s1. The monoisotopic (exact) mass is 615 g/mol. The Labute approximate surface area is 245 Å². The van der Waals surface area contributed by atoms with E-state index in [1.807, 2.05) is 42.5 Å². The first kappa shape index (κ1) is 30.3. The third-order valence-electron chi connectivity index (χ3n) is 7.81. The largest absolute Gasteiger partial charge is 0.494 e. The Morgan fingerprint density at radius 2 is 1.98 bits per heavy atom. The molecule has 2 heterocycles. The van der Waals surface area contributed by atoms with Gasteiger partial charge in [0.2, 0.25) is 11.8 Å². The average Bonchev–Trinajstić information content (AvgIpc) is 2.91. The van der Waals surface area contributed by atoms with Crippen molar-refractivity contribution in [2.45, 2.75) is 89.1 Å². The first-order chi connectivity index (χ1) is 19.0. The third-order valence-corrected chi connectivity index (χ3v) is 8.30. The molecular formula is C31H42BrN3O5. The van der Waals surface area contributed by atoms with Crippen LogP contribution in [0.3, 0.4) is 0 Å². The fraction of sp³-hybridized carbons (Fsp3) is 0.548. The zero-order valence-corrected chi connectivity index (χ0v) is 25.5. The van der Waals surface area contributed by atoms with Crippen molar-refractivity contribution in [3.63, 3.8) is 0 Å². The predicted octanol–water partition coefficient (Wildman–Crippen LogP) is 4.53. The lowest BCUT2D eigenvalue weighted by atomic mass is 9.89. The Hall–Kier alpha value is -2.62. The number of halogens is 1. The van der Waals surface area contributed by atoms with E-state index < -0.39 is 18.2 Å². The summed E-state index contributed by atoms with van der Waals surface area (Å²) in [5, 5.41) is 18.0. The molecule has 2 aliphatic heterocycles. The van der Waals surface area contributed by atoms with Gasteiger partial charge in [-0.2, -0.15) is 0 Å². The Morgan fingerprint density at radius 1 is 1.18 bits per heavy atom. The van der Waals surface area contributed by atoms with Crippen LogP contribution in [0.4, 0.5) is 0 Å². The molecule has 1 unspecified atom stereocenters. The number of rotatable bonds is 4. The van der Waals surface area contributed by atoms with Gasteiger partial charge in [-0.25, -0.2) is 0 Å². The normalized spacial score (nSPS) is 24.8. The van der Waals surface area contributed by atoms with Gasteiger partial charge in [-0.05, 0) is 82.3 Å². The van der Waals surface area contributed by atoms with Crippen LogP contribution in [0.2, 0.25) is 0 Å². The van der Waals surface area contributed by atoms with Crippen LogP contribution in [0.5, 0.6) is 11.5 Å². The molecule has 4 rings (SSSR count). The minimum Gasteiger partial charge on any atom is -0.494 e. The van der Waals surface area contributed by atoms with E-state index in [0.29, 0.717) is 19.4 Å². The van der Waals surface area contributed by atoms with E-state index in [0.717, 1.165) is 52.8 Å². The van der Waals surface area contributed by atoms with Crippen LogP contribution in [0.1, 0.15) is 70.0 Å². The van der Waals surface area contributed by atoms with Crippen molar-refractivity contribution in [1.29, 1.82) is 0 Å². The van der Waals surface area contributed by atoms with E-state index in [4.69, 9.17) is 9.47 Å². The van der Waals surface area contributed by atoms with E-state index in [1.54, 1.807) is 14.0 Å². The molecule has 4 atom stereocenters. The summed E-state index contributed by atoms with van der Waals surface area (Å²) in [5.74, 6) is 1.23. The highest BCUT2D eigenvalue weighted by molar-refractivity contribution is 9.10. The first-order valence-electron chi connectivity index (χ1n) is 14.2. The Kier molecular flexibility index (Phi) is 10.1. The minimum absolute atomic E-state index is 0.0350. The van der Waals surface area contributed by atoms with Crippen LogP contribution in [0.15, 0.2) is 46.9 Å². The predicted molar refractivity (Wildman–Crippen MR) is 158 cm³/mol. The Morgan fingerprint density at radius 3 is 2.77 bits per heavy atom. The first-order valence-corrected chi connectivity index (χ1v) is 15.0. The zero-order valence-electron chi connectivity index (χ0n) is 23.9. The smallest absolute Gasteiger partial charge is 0.242 e. The second kappa shape index (κ2) is 13.4. The lowest BCUT2D eigenvalue weighted by Crippen LogP contribution is -2.54. The van der Waals surface area contributed by atoms with E-state index in [2.05, 4.69) is 40.4 Å². The molecule has 0 spiro atoms. The van der Waals surface area contributed by atoms with Gasteiger partial charge < -0.3 is 30.1 Å². The third kappa shape index (κ3) is 7.98. The molecule has 0 radical (unpaired) electrons. The number of carbonyl (C=O) groups excluding carboxylic acids is 2. The van der Waals surface area contributed by atoms with Crippen molar-refractivity contribution in [2.24, 2.45) is 0 Å². The summed E-state index contributed by atoms with van der Waals surface area (Å²) >= 11 is 3.56. The molecule has 218 valence electrons. The topological polar surface area (TPSA) is 100 Å². The molecule has 2 aromatic rings. The van der Waals surface area contributed by atoms with Crippen LogP contribution in [0, 0.1) is 0 Å². The average molecular weight is 617 g/mol.